The summed E-state index contributed by atoms with van der Waals surface area (Å²) >= 11 is 7.41. The fourth-order valence-corrected chi connectivity index (χ4v) is 3.07. The molecule has 1 unspecified atom stereocenters. The van der Waals surface area contributed by atoms with Crippen molar-refractivity contribution < 1.29 is 4.79 Å². The van der Waals surface area contributed by atoms with Crippen LogP contribution < -0.4 is 5.73 Å². The van der Waals surface area contributed by atoms with E-state index >= 15 is 0 Å². The number of halogens is 1. The fourth-order valence-electron chi connectivity index (χ4n) is 1.96. The Hall–Kier alpha value is -0.840. The molecule has 0 aliphatic carbocycles. The third-order valence-electron chi connectivity index (χ3n) is 2.91. The molecule has 0 radical (unpaired) electrons. The zero-order valence-corrected chi connectivity index (χ0v) is 12.8. The predicted octanol–water partition coefficient (Wildman–Crippen LogP) is 3.29. The van der Waals surface area contributed by atoms with Crippen molar-refractivity contribution in [3.8, 4) is 0 Å². The molecule has 0 aliphatic rings. The van der Waals surface area contributed by atoms with Gasteiger partial charge in [0, 0.05) is 18.0 Å². The topological polar surface area (TPSA) is 46.3 Å². The molecule has 106 valence electrons. The molecule has 0 fully saturated rings. The van der Waals surface area contributed by atoms with Gasteiger partial charge in [-0.2, -0.15) is 0 Å². The smallest absolute Gasteiger partial charge is 0.227 e. The van der Waals surface area contributed by atoms with Crippen molar-refractivity contribution in [3.63, 3.8) is 0 Å². The number of carbonyl (C=O) groups is 1. The van der Waals surface area contributed by atoms with Crippen LogP contribution in [0.15, 0.2) is 24.8 Å². The molecule has 1 atom stereocenters. The summed E-state index contributed by atoms with van der Waals surface area (Å²) in [4.78, 5) is 15.3. The summed E-state index contributed by atoms with van der Waals surface area (Å²) in [5, 5.41) is 0. The highest BCUT2D eigenvalue weighted by Crippen LogP contribution is 2.23. The van der Waals surface area contributed by atoms with Crippen molar-refractivity contribution in [1.82, 2.24) is 4.90 Å². The number of nitrogens with zero attached hydrogens (tertiary/aromatic N) is 1. The summed E-state index contributed by atoms with van der Waals surface area (Å²) in [5.41, 5.74) is 5.70. The van der Waals surface area contributed by atoms with Crippen molar-refractivity contribution in [2.75, 3.05) is 13.1 Å². The molecule has 1 heterocycles. The standard InChI is InChI=1S/C14H21ClN2OS/c1-3-5-11(9-16)14(18)17(8-4-2)10-12-6-7-13(15)19-12/h4,6-7,11H,2-3,5,8-10,16H2,1H3. The molecule has 0 aliphatic heterocycles. The fraction of sp³-hybridized carbons (Fsp3) is 0.500. The van der Waals surface area contributed by atoms with Gasteiger partial charge < -0.3 is 10.6 Å². The van der Waals surface area contributed by atoms with Crippen molar-refractivity contribution in [3.05, 3.63) is 34.0 Å². The number of rotatable bonds is 8. The van der Waals surface area contributed by atoms with Crippen molar-refractivity contribution in [1.29, 1.82) is 0 Å². The van der Waals surface area contributed by atoms with E-state index in [2.05, 4.69) is 13.5 Å². The zero-order valence-electron chi connectivity index (χ0n) is 11.3. The normalized spacial score (nSPS) is 12.2. The van der Waals surface area contributed by atoms with Crippen LogP contribution in [0.1, 0.15) is 24.6 Å². The molecular weight excluding hydrogens is 280 g/mol. The molecule has 0 bridgehead atoms. The SMILES string of the molecule is C=CCN(Cc1ccc(Cl)s1)C(=O)C(CN)CCC. The number of hydrogen-bond acceptors (Lipinski definition) is 3. The Morgan fingerprint density at radius 1 is 1.63 bits per heavy atom. The molecule has 1 amide bonds. The van der Waals surface area contributed by atoms with Gasteiger partial charge in [-0.1, -0.05) is 31.0 Å². The largest absolute Gasteiger partial charge is 0.334 e. The quantitative estimate of drug-likeness (QED) is 0.749. The van der Waals surface area contributed by atoms with Crippen LogP contribution in [0.4, 0.5) is 0 Å². The van der Waals surface area contributed by atoms with Crippen molar-refractivity contribution >= 4 is 28.8 Å². The Morgan fingerprint density at radius 2 is 2.37 bits per heavy atom. The molecule has 1 aromatic rings. The van der Waals surface area contributed by atoms with Gasteiger partial charge in [0.2, 0.25) is 5.91 Å². The molecule has 19 heavy (non-hydrogen) atoms. The van der Waals surface area contributed by atoms with E-state index in [4.69, 9.17) is 17.3 Å². The predicted molar refractivity (Wildman–Crippen MR) is 82.4 cm³/mol. The van der Waals surface area contributed by atoms with E-state index in [1.165, 1.54) is 11.3 Å². The van der Waals surface area contributed by atoms with Crippen LogP contribution in [-0.4, -0.2) is 23.9 Å². The Morgan fingerprint density at radius 3 is 2.84 bits per heavy atom. The summed E-state index contributed by atoms with van der Waals surface area (Å²) in [5.74, 6) is 0.00848. The maximum Gasteiger partial charge on any atom is 0.227 e. The summed E-state index contributed by atoms with van der Waals surface area (Å²) in [6, 6.07) is 3.80. The lowest BCUT2D eigenvalue weighted by atomic mass is 10.0. The Kier molecular flexibility index (Phi) is 7.13. The Bertz CT molecular complexity index is 419. The highest BCUT2D eigenvalue weighted by Gasteiger charge is 2.22. The maximum atomic E-state index is 12.4. The maximum absolute atomic E-state index is 12.4. The van der Waals surface area contributed by atoms with Crippen LogP contribution in [0.5, 0.6) is 0 Å². The molecule has 0 aromatic carbocycles. The second-order valence-electron chi connectivity index (χ2n) is 4.43. The average molecular weight is 301 g/mol. The first-order valence-electron chi connectivity index (χ1n) is 6.46. The molecule has 0 spiro atoms. The minimum Gasteiger partial charge on any atom is -0.334 e. The number of nitrogens with two attached hydrogens (primary N) is 1. The van der Waals surface area contributed by atoms with E-state index in [1.807, 2.05) is 12.1 Å². The number of hydrogen-bond donors (Lipinski definition) is 1. The molecule has 1 aromatic heterocycles. The van der Waals surface area contributed by atoms with Crippen LogP contribution in [-0.2, 0) is 11.3 Å². The molecular formula is C14H21ClN2OS. The van der Waals surface area contributed by atoms with Gasteiger partial charge in [0.25, 0.3) is 0 Å². The first-order valence-corrected chi connectivity index (χ1v) is 7.65. The van der Waals surface area contributed by atoms with E-state index in [-0.39, 0.29) is 11.8 Å². The first kappa shape index (κ1) is 16.2. The summed E-state index contributed by atoms with van der Waals surface area (Å²) in [6.45, 7) is 7.28. The second-order valence-corrected chi connectivity index (χ2v) is 6.23. The van der Waals surface area contributed by atoms with E-state index in [9.17, 15) is 4.79 Å². The Labute approximate surface area is 124 Å². The average Bonchev–Trinajstić information content (AvgIpc) is 2.80. The van der Waals surface area contributed by atoms with Crippen LogP contribution in [0.25, 0.3) is 0 Å². The van der Waals surface area contributed by atoms with E-state index < -0.39 is 0 Å². The van der Waals surface area contributed by atoms with Crippen LogP contribution in [0.2, 0.25) is 4.34 Å². The number of carbonyl (C=O) groups excluding carboxylic acids is 1. The van der Waals surface area contributed by atoms with E-state index in [0.29, 0.717) is 19.6 Å². The van der Waals surface area contributed by atoms with Gasteiger partial charge in [0.1, 0.15) is 0 Å². The summed E-state index contributed by atoms with van der Waals surface area (Å²) in [6.07, 6.45) is 3.53. The zero-order chi connectivity index (χ0) is 14.3. The van der Waals surface area contributed by atoms with Crippen LogP contribution >= 0.6 is 22.9 Å². The molecule has 5 heteroatoms. The highest BCUT2D eigenvalue weighted by molar-refractivity contribution is 7.16. The van der Waals surface area contributed by atoms with Crippen LogP contribution in [0, 0.1) is 5.92 Å². The summed E-state index contributed by atoms with van der Waals surface area (Å²) in [7, 11) is 0. The van der Waals surface area contributed by atoms with Gasteiger partial charge in [0.05, 0.1) is 16.8 Å². The lowest BCUT2D eigenvalue weighted by Gasteiger charge is -2.25. The molecule has 0 saturated carbocycles. The van der Waals surface area contributed by atoms with Gasteiger partial charge in [-0.05, 0) is 18.6 Å². The molecule has 0 saturated heterocycles. The van der Waals surface area contributed by atoms with Gasteiger partial charge in [-0.15, -0.1) is 17.9 Å². The lowest BCUT2D eigenvalue weighted by Crippen LogP contribution is -2.38. The molecule has 3 nitrogen and oxygen atoms in total. The second kappa shape index (κ2) is 8.35. The first-order chi connectivity index (χ1) is 9.12. The van der Waals surface area contributed by atoms with Gasteiger partial charge >= 0.3 is 0 Å². The number of thiophene rings is 1. The lowest BCUT2D eigenvalue weighted by molar-refractivity contribution is -0.135. The van der Waals surface area contributed by atoms with Gasteiger partial charge in [-0.25, -0.2) is 0 Å². The van der Waals surface area contributed by atoms with Gasteiger partial charge in [-0.3, -0.25) is 4.79 Å². The molecule has 2 N–H and O–H groups in total. The Balaban J connectivity index is 2.75. The van der Waals surface area contributed by atoms with Crippen molar-refractivity contribution in [2.24, 2.45) is 11.7 Å². The minimum atomic E-state index is -0.0969. The minimum absolute atomic E-state index is 0.0969. The number of amides is 1. The van der Waals surface area contributed by atoms with E-state index in [1.54, 1.807) is 11.0 Å². The van der Waals surface area contributed by atoms with Gasteiger partial charge in [0.15, 0.2) is 0 Å². The van der Waals surface area contributed by atoms with E-state index in [0.717, 1.165) is 22.1 Å². The van der Waals surface area contributed by atoms with Crippen molar-refractivity contribution in [2.45, 2.75) is 26.3 Å². The highest BCUT2D eigenvalue weighted by atomic mass is 35.5. The third kappa shape index (κ3) is 4.97. The van der Waals surface area contributed by atoms with Crippen LogP contribution in [0.3, 0.4) is 0 Å². The third-order valence-corrected chi connectivity index (χ3v) is 4.12. The summed E-state index contributed by atoms with van der Waals surface area (Å²) < 4.78 is 0.741. The molecule has 1 rings (SSSR count). The monoisotopic (exact) mass is 300 g/mol.